The van der Waals surface area contributed by atoms with E-state index in [1.165, 1.54) is 12.4 Å². The number of halogens is 1. The summed E-state index contributed by atoms with van der Waals surface area (Å²) in [6.45, 7) is 1.94. The van der Waals surface area contributed by atoms with Gasteiger partial charge in [-0.1, -0.05) is 41.9 Å². The van der Waals surface area contributed by atoms with Crippen molar-refractivity contribution in [3.63, 3.8) is 0 Å². The van der Waals surface area contributed by atoms with Crippen LogP contribution in [-0.2, 0) is 4.79 Å². The lowest BCUT2D eigenvalue weighted by Crippen LogP contribution is -2.24. The molecule has 0 bridgehead atoms. The number of hydrogen-bond donors (Lipinski definition) is 1. The fourth-order valence-corrected chi connectivity index (χ4v) is 2.58. The van der Waals surface area contributed by atoms with Gasteiger partial charge in [0.2, 0.25) is 5.91 Å². The predicted octanol–water partition coefficient (Wildman–Crippen LogP) is 3.81. The highest BCUT2D eigenvalue weighted by Gasteiger charge is 2.08. The van der Waals surface area contributed by atoms with Crippen LogP contribution in [0.3, 0.4) is 0 Å². The summed E-state index contributed by atoms with van der Waals surface area (Å²) in [5, 5.41) is 7.64. The summed E-state index contributed by atoms with van der Waals surface area (Å²) in [7, 11) is 0. The monoisotopic (exact) mass is 352 g/mol. The van der Waals surface area contributed by atoms with Crippen molar-refractivity contribution >= 4 is 23.6 Å². The first-order valence-corrected chi connectivity index (χ1v) is 8.19. The molecule has 5 nitrogen and oxygen atoms in total. The van der Waals surface area contributed by atoms with E-state index in [4.69, 9.17) is 11.6 Å². The Labute approximate surface area is 151 Å². The Morgan fingerprint density at radius 1 is 1.20 bits per heavy atom. The van der Waals surface area contributed by atoms with Crippen molar-refractivity contribution in [3.8, 4) is 5.69 Å². The van der Waals surface area contributed by atoms with Crippen molar-refractivity contribution in [1.82, 2.24) is 20.1 Å². The molecular weight excluding hydrogens is 336 g/mol. The number of nitrogens with one attached hydrogen (secondary N) is 1. The fraction of sp³-hybridized carbons (Fsp3) is 0.105. The molecule has 6 heteroatoms. The molecular formula is C19H17ClN4O. The van der Waals surface area contributed by atoms with Crippen LogP contribution in [-0.4, -0.2) is 20.7 Å². The smallest absolute Gasteiger partial charge is 0.244 e. The number of amides is 1. The van der Waals surface area contributed by atoms with Crippen LogP contribution in [0, 0.1) is 0 Å². The molecule has 0 spiro atoms. The van der Waals surface area contributed by atoms with E-state index in [0.29, 0.717) is 5.02 Å². The standard InChI is InChI=1S/C19H17ClN4O/c1-14(15-6-9-17(10-7-15)24-13-21-12-22-24)23-19(25)11-8-16-4-2-3-5-18(16)20/h2-14H,1H3,(H,23,25)/b11-8-/t14-/m1/s1. The van der Waals surface area contributed by atoms with E-state index in [1.807, 2.05) is 49.4 Å². The molecule has 1 N–H and O–H groups in total. The lowest BCUT2D eigenvalue weighted by atomic mass is 10.1. The normalized spacial score (nSPS) is 12.2. The summed E-state index contributed by atoms with van der Waals surface area (Å²) < 4.78 is 1.68. The average molecular weight is 353 g/mol. The Kier molecular flexibility index (Phi) is 5.26. The van der Waals surface area contributed by atoms with Gasteiger partial charge in [0.15, 0.2) is 0 Å². The molecule has 0 aliphatic heterocycles. The SMILES string of the molecule is C[C@@H](NC(=O)/C=C\c1ccccc1Cl)c1ccc(-n2cncn2)cc1. The van der Waals surface area contributed by atoms with Crippen molar-refractivity contribution in [1.29, 1.82) is 0 Å². The largest absolute Gasteiger partial charge is 0.346 e. The first-order chi connectivity index (χ1) is 12.1. The zero-order valence-electron chi connectivity index (χ0n) is 13.6. The number of rotatable bonds is 5. The summed E-state index contributed by atoms with van der Waals surface area (Å²) in [6, 6.07) is 15.1. The van der Waals surface area contributed by atoms with Crippen molar-refractivity contribution in [2.24, 2.45) is 0 Å². The molecule has 1 heterocycles. The second kappa shape index (κ2) is 7.77. The van der Waals surface area contributed by atoms with Gasteiger partial charge in [-0.15, -0.1) is 0 Å². The van der Waals surface area contributed by atoms with Crippen molar-refractivity contribution in [3.05, 3.63) is 83.4 Å². The van der Waals surface area contributed by atoms with Gasteiger partial charge in [0.05, 0.1) is 11.7 Å². The minimum atomic E-state index is -0.173. The van der Waals surface area contributed by atoms with Crippen molar-refractivity contribution in [2.75, 3.05) is 0 Å². The maximum absolute atomic E-state index is 12.1. The Hall–Kier alpha value is -2.92. The zero-order valence-corrected chi connectivity index (χ0v) is 14.4. The molecule has 126 valence electrons. The van der Waals surface area contributed by atoms with Gasteiger partial charge >= 0.3 is 0 Å². The van der Waals surface area contributed by atoms with E-state index in [0.717, 1.165) is 16.8 Å². The zero-order chi connectivity index (χ0) is 17.6. The van der Waals surface area contributed by atoms with Crippen LogP contribution in [0.2, 0.25) is 5.02 Å². The van der Waals surface area contributed by atoms with Gasteiger partial charge in [-0.3, -0.25) is 4.79 Å². The molecule has 1 amide bonds. The van der Waals surface area contributed by atoms with Gasteiger partial charge in [-0.2, -0.15) is 5.10 Å². The first kappa shape index (κ1) is 16.9. The van der Waals surface area contributed by atoms with E-state index in [9.17, 15) is 4.79 Å². The summed E-state index contributed by atoms with van der Waals surface area (Å²) >= 11 is 6.07. The molecule has 1 aromatic heterocycles. The van der Waals surface area contributed by atoms with Crippen LogP contribution in [0.4, 0.5) is 0 Å². The minimum Gasteiger partial charge on any atom is -0.346 e. The number of benzene rings is 2. The molecule has 0 saturated heterocycles. The van der Waals surface area contributed by atoms with Crippen LogP contribution in [0.15, 0.2) is 67.3 Å². The third-order valence-electron chi connectivity index (χ3n) is 3.75. The van der Waals surface area contributed by atoms with Crippen LogP contribution in [0.1, 0.15) is 24.1 Å². The molecule has 3 rings (SSSR count). The summed E-state index contributed by atoms with van der Waals surface area (Å²) in [4.78, 5) is 16.0. The molecule has 2 aromatic carbocycles. The molecule has 25 heavy (non-hydrogen) atoms. The Balaban J connectivity index is 1.62. The molecule has 1 atom stereocenters. The lowest BCUT2D eigenvalue weighted by Gasteiger charge is -2.13. The Morgan fingerprint density at radius 2 is 1.96 bits per heavy atom. The molecule has 0 fully saturated rings. The van der Waals surface area contributed by atoms with Crippen LogP contribution < -0.4 is 5.32 Å². The maximum Gasteiger partial charge on any atom is 0.244 e. The van der Waals surface area contributed by atoms with E-state index in [2.05, 4.69) is 15.4 Å². The van der Waals surface area contributed by atoms with Crippen LogP contribution in [0.25, 0.3) is 11.8 Å². The highest BCUT2D eigenvalue weighted by Crippen LogP contribution is 2.17. The van der Waals surface area contributed by atoms with E-state index < -0.39 is 0 Å². The van der Waals surface area contributed by atoms with Crippen molar-refractivity contribution in [2.45, 2.75) is 13.0 Å². The lowest BCUT2D eigenvalue weighted by molar-refractivity contribution is -0.117. The predicted molar refractivity (Wildman–Crippen MR) is 98.4 cm³/mol. The van der Waals surface area contributed by atoms with Gasteiger partial charge in [0, 0.05) is 11.1 Å². The number of carbonyl (C=O) groups excluding carboxylic acids is 1. The van der Waals surface area contributed by atoms with Gasteiger partial charge in [-0.05, 0) is 42.3 Å². The van der Waals surface area contributed by atoms with Gasteiger partial charge < -0.3 is 5.32 Å². The topological polar surface area (TPSA) is 59.8 Å². The molecule has 3 aromatic rings. The number of hydrogen-bond acceptors (Lipinski definition) is 3. The molecule has 0 aliphatic rings. The number of carbonyl (C=O) groups is 1. The second-order valence-electron chi connectivity index (χ2n) is 5.52. The van der Waals surface area contributed by atoms with Crippen LogP contribution >= 0.6 is 11.6 Å². The number of nitrogens with zero attached hydrogens (tertiary/aromatic N) is 3. The summed E-state index contributed by atoms with van der Waals surface area (Å²) in [5.74, 6) is -0.173. The molecule has 0 radical (unpaired) electrons. The number of aromatic nitrogens is 3. The van der Waals surface area contributed by atoms with Gasteiger partial charge in [0.25, 0.3) is 0 Å². The minimum absolute atomic E-state index is 0.117. The average Bonchev–Trinajstić information content (AvgIpc) is 3.16. The third kappa shape index (κ3) is 4.33. The summed E-state index contributed by atoms with van der Waals surface area (Å²) in [5.41, 5.74) is 2.73. The third-order valence-corrected chi connectivity index (χ3v) is 4.10. The fourth-order valence-electron chi connectivity index (χ4n) is 2.38. The Bertz CT molecular complexity index is 873. The quantitative estimate of drug-likeness (QED) is 0.710. The highest BCUT2D eigenvalue weighted by atomic mass is 35.5. The van der Waals surface area contributed by atoms with E-state index in [1.54, 1.807) is 23.2 Å². The Morgan fingerprint density at radius 3 is 2.64 bits per heavy atom. The molecule has 0 unspecified atom stereocenters. The van der Waals surface area contributed by atoms with Gasteiger partial charge in [-0.25, -0.2) is 9.67 Å². The van der Waals surface area contributed by atoms with E-state index in [-0.39, 0.29) is 11.9 Å². The highest BCUT2D eigenvalue weighted by molar-refractivity contribution is 6.32. The molecule has 0 saturated carbocycles. The van der Waals surface area contributed by atoms with Crippen LogP contribution in [0.5, 0.6) is 0 Å². The first-order valence-electron chi connectivity index (χ1n) is 7.81. The maximum atomic E-state index is 12.1. The van der Waals surface area contributed by atoms with E-state index >= 15 is 0 Å². The second-order valence-corrected chi connectivity index (χ2v) is 5.92. The molecule has 0 aliphatic carbocycles. The summed E-state index contributed by atoms with van der Waals surface area (Å²) in [6.07, 6.45) is 6.32. The van der Waals surface area contributed by atoms with Gasteiger partial charge in [0.1, 0.15) is 12.7 Å². The van der Waals surface area contributed by atoms with Crippen molar-refractivity contribution < 1.29 is 4.79 Å².